The van der Waals surface area contributed by atoms with Gasteiger partial charge in [0.05, 0.1) is 0 Å². The van der Waals surface area contributed by atoms with Crippen LogP contribution in [0.5, 0.6) is 0 Å². The SMILES string of the molecule is CC1(C)c2cc(C=Cc3ccc4c5cccc6c(C=Cc7ccc8c(c7)C(C)(C)c7cc(N(c9ccccc9)c9ccc(-c%10ccccc%10)cc9)ccc7-8)ccc(c7cccc3c74)c65)ccc2-c2ccc(N(c3ccccc3)c3ccc(-c4ccccc4)cc3)cc21. The molecule has 0 aliphatic heterocycles. The molecule has 0 amide bonds. The minimum absolute atomic E-state index is 0.211. The molecule has 15 aromatic carbocycles. The molecule has 0 heterocycles. The molecular formula is C90H66N2. The Labute approximate surface area is 538 Å². The predicted molar refractivity (Wildman–Crippen MR) is 394 cm³/mol. The van der Waals surface area contributed by atoms with Gasteiger partial charge in [0.15, 0.2) is 0 Å². The highest BCUT2D eigenvalue weighted by molar-refractivity contribution is 6.34. The Morgan fingerprint density at radius 2 is 0.533 bits per heavy atom. The van der Waals surface area contributed by atoms with Crippen LogP contribution in [-0.4, -0.2) is 0 Å². The van der Waals surface area contributed by atoms with Crippen LogP contribution in [-0.2, 0) is 10.8 Å². The molecule has 0 fully saturated rings. The van der Waals surface area contributed by atoms with Crippen molar-refractivity contribution in [2.75, 3.05) is 9.80 Å². The summed E-state index contributed by atoms with van der Waals surface area (Å²) in [6, 6.07) is 112. The topological polar surface area (TPSA) is 6.48 Å². The van der Waals surface area contributed by atoms with Gasteiger partial charge in [0.2, 0.25) is 0 Å². The number of nitrogens with zero attached hydrogens (tertiary/aromatic N) is 2. The van der Waals surface area contributed by atoms with Gasteiger partial charge in [-0.1, -0.05) is 283 Å². The van der Waals surface area contributed by atoms with Crippen molar-refractivity contribution in [1.29, 1.82) is 0 Å². The van der Waals surface area contributed by atoms with Crippen LogP contribution in [0.4, 0.5) is 34.1 Å². The smallest absolute Gasteiger partial charge is 0.0465 e. The third kappa shape index (κ3) is 9.08. The van der Waals surface area contributed by atoms with Gasteiger partial charge >= 0.3 is 0 Å². The highest BCUT2D eigenvalue weighted by atomic mass is 15.1. The number of fused-ring (bicyclic) bond motifs is 8. The van der Waals surface area contributed by atoms with Crippen molar-refractivity contribution < 1.29 is 0 Å². The lowest BCUT2D eigenvalue weighted by atomic mass is 9.81. The number of rotatable bonds is 12. The Morgan fingerprint density at radius 3 is 0.924 bits per heavy atom. The summed E-state index contributed by atoms with van der Waals surface area (Å²) in [6.45, 7) is 9.54. The monoisotopic (exact) mass is 1170 g/mol. The Bertz CT molecular complexity index is 5050. The average molecular weight is 1180 g/mol. The second-order valence-electron chi connectivity index (χ2n) is 26.0. The van der Waals surface area contributed by atoms with E-state index in [0.717, 1.165) is 34.1 Å². The molecule has 0 saturated heterocycles. The van der Waals surface area contributed by atoms with Crippen LogP contribution >= 0.6 is 0 Å². The lowest BCUT2D eigenvalue weighted by Gasteiger charge is -2.28. The zero-order valence-electron chi connectivity index (χ0n) is 52.1. The maximum atomic E-state index is 2.42. The van der Waals surface area contributed by atoms with Crippen molar-refractivity contribution in [2.24, 2.45) is 0 Å². The summed E-state index contributed by atoms with van der Waals surface area (Å²) < 4.78 is 0. The Kier molecular flexibility index (Phi) is 12.9. The summed E-state index contributed by atoms with van der Waals surface area (Å²) in [5.41, 5.74) is 26.7. The molecule has 0 bridgehead atoms. The third-order valence-electron chi connectivity index (χ3n) is 20.0. The molecule has 2 heteroatoms. The first-order valence-corrected chi connectivity index (χ1v) is 32.2. The van der Waals surface area contributed by atoms with E-state index in [2.05, 4.69) is 365 Å². The second kappa shape index (κ2) is 21.7. The van der Waals surface area contributed by atoms with Crippen LogP contribution in [0, 0.1) is 0 Å². The van der Waals surface area contributed by atoms with Crippen molar-refractivity contribution >= 4 is 102 Å². The van der Waals surface area contributed by atoms with Crippen LogP contribution in [0.15, 0.2) is 303 Å². The lowest BCUT2D eigenvalue weighted by molar-refractivity contribution is 0.660. The molecule has 17 rings (SSSR count). The molecule has 0 unspecified atom stereocenters. The maximum Gasteiger partial charge on any atom is 0.0465 e. The van der Waals surface area contributed by atoms with Gasteiger partial charge in [-0.05, 0) is 205 Å². The van der Waals surface area contributed by atoms with Crippen molar-refractivity contribution in [3.63, 3.8) is 0 Å². The van der Waals surface area contributed by atoms with Gasteiger partial charge in [-0.3, -0.25) is 0 Å². The average Bonchev–Trinajstić information content (AvgIpc) is 0.956. The standard InChI is InChI=1S/C90H66N2/c1-89(2)83-55-59(33-49-75(83)77-53-47-71(57-85(77)89)91(67-23-13-7-14-24-67)69-43-37-63(38-44-69)61-19-9-5-10-20-61)31-35-65-41-51-81-80-30-18-28-74-66(42-52-82(88(74)80)79-29-17-27-73(65)87(79)81)36-32-60-34-50-76-78-54-48-72(58-86(78)90(3,4)84(76)56-60)92(68-25-15-8-16-26-68)70-45-39-64(40-46-70)62-21-11-6-12-22-62/h5-58H,1-4H3. The normalized spacial score (nSPS) is 13.5. The number of anilines is 6. The van der Waals surface area contributed by atoms with Crippen molar-refractivity contribution in [2.45, 2.75) is 38.5 Å². The fourth-order valence-corrected chi connectivity index (χ4v) is 15.3. The van der Waals surface area contributed by atoms with E-state index in [-0.39, 0.29) is 10.8 Å². The molecular weight excluding hydrogens is 1110 g/mol. The van der Waals surface area contributed by atoms with Crippen molar-refractivity contribution in [1.82, 2.24) is 0 Å². The van der Waals surface area contributed by atoms with E-state index in [4.69, 9.17) is 0 Å². The van der Waals surface area contributed by atoms with Gasteiger partial charge in [-0.25, -0.2) is 0 Å². The first-order valence-electron chi connectivity index (χ1n) is 32.2. The fraction of sp³-hybridized carbons (Fsp3) is 0.0667. The summed E-state index contributed by atoms with van der Waals surface area (Å²) in [5, 5.41) is 10.3. The van der Waals surface area contributed by atoms with E-state index < -0.39 is 0 Å². The molecule has 0 atom stereocenters. The molecule has 0 N–H and O–H groups in total. The zero-order valence-corrected chi connectivity index (χ0v) is 52.1. The number of benzene rings is 15. The predicted octanol–water partition coefficient (Wildman–Crippen LogP) is 25.0. The molecule has 0 spiro atoms. The second-order valence-corrected chi connectivity index (χ2v) is 26.0. The summed E-state index contributed by atoms with van der Waals surface area (Å²) in [5.74, 6) is 0. The van der Waals surface area contributed by atoms with Crippen molar-refractivity contribution in [3.05, 3.63) is 348 Å². The Balaban J connectivity index is 0.650. The van der Waals surface area contributed by atoms with Gasteiger partial charge < -0.3 is 9.80 Å². The van der Waals surface area contributed by atoms with Gasteiger partial charge in [0.1, 0.15) is 0 Å². The third-order valence-corrected chi connectivity index (χ3v) is 20.0. The Morgan fingerprint density at radius 1 is 0.228 bits per heavy atom. The van der Waals surface area contributed by atoms with Crippen LogP contribution in [0.1, 0.15) is 72.2 Å². The molecule has 2 aliphatic carbocycles. The molecule has 92 heavy (non-hydrogen) atoms. The molecule has 436 valence electrons. The molecule has 2 nitrogen and oxygen atoms in total. The largest absolute Gasteiger partial charge is 0.310 e. The van der Waals surface area contributed by atoms with E-state index in [9.17, 15) is 0 Å². The lowest BCUT2D eigenvalue weighted by Crippen LogP contribution is -2.16. The molecule has 0 aromatic heterocycles. The quantitative estimate of drug-likeness (QED) is 0.0683. The maximum absolute atomic E-state index is 2.42. The van der Waals surface area contributed by atoms with Crippen LogP contribution < -0.4 is 9.80 Å². The van der Waals surface area contributed by atoms with E-state index in [1.54, 1.807) is 0 Å². The van der Waals surface area contributed by atoms with Gasteiger partial charge in [0.25, 0.3) is 0 Å². The molecule has 2 aliphatic rings. The number of hydrogen-bond acceptors (Lipinski definition) is 2. The summed E-state index contributed by atoms with van der Waals surface area (Å²) in [4.78, 5) is 4.77. The Hall–Kier alpha value is -11.3. The van der Waals surface area contributed by atoms with E-state index in [0.29, 0.717) is 0 Å². The highest BCUT2D eigenvalue weighted by Gasteiger charge is 2.38. The zero-order chi connectivity index (χ0) is 61.7. The van der Waals surface area contributed by atoms with Gasteiger partial charge in [0, 0.05) is 45.0 Å². The van der Waals surface area contributed by atoms with Crippen LogP contribution in [0.3, 0.4) is 0 Å². The van der Waals surface area contributed by atoms with Gasteiger partial charge in [-0.15, -0.1) is 0 Å². The van der Waals surface area contributed by atoms with E-state index >= 15 is 0 Å². The minimum Gasteiger partial charge on any atom is -0.310 e. The van der Waals surface area contributed by atoms with Gasteiger partial charge in [-0.2, -0.15) is 0 Å². The summed E-state index contributed by atoms with van der Waals surface area (Å²) in [6.07, 6.45) is 9.27. The first-order chi connectivity index (χ1) is 45.1. The van der Waals surface area contributed by atoms with Crippen LogP contribution in [0.25, 0.3) is 112 Å². The number of para-hydroxylation sites is 2. The number of hydrogen-bond donors (Lipinski definition) is 0. The molecule has 0 saturated carbocycles. The fourth-order valence-electron chi connectivity index (χ4n) is 15.3. The summed E-state index contributed by atoms with van der Waals surface area (Å²) >= 11 is 0. The molecule has 0 radical (unpaired) electrons. The van der Waals surface area contributed by atoms with Crippen LogP contribution in [0.2, 0.25) is 0 Å². The van der Waals surface area contributed by atoms with E-state index in [1.807, 2.05) is 0 Å². The molecule has 15 aromatic rings. The van der Waals surface area contributed by atoms with Crippen molar-refractivity contribution in [3.8, 4) is 44.5 Å². The minimum atomic E-state index is -0.211. The first kappa shape index (κ1) is 54.8. The highest BCUT2D eigenvalue weighted by Crippen LogP contribution is 2.54. The van der Waals surface area contributed by atoms with E-state index in [1.165, 1.54) is 132 Å². The summed E-state index contributed by atoms with van der Waals surface area (Å²) in [7, 11) is 0.